The van der Waals surface area contributed by atoms with E-state index in [0.717, 1.165) is 63.4 Å². The summed E-state index contributed by atoms with van der Waals surface area (Å²) < 4.78 is 0. The Bertz CT molecular complexity index is 768. The molecule has 0 aliphatic carbocycles. The predicted molar refractivity (Wildman–Crippen MR) is 110 cm³/mol. The highest BCUT2D eigenvalue weighted by Gasteiger charge is 2.36. The van der Waals surface area contributed by atoms with Gasteiger partial charge in [-0.2, -0.15) is 0 Å². The molecule has 0 saturated carbocycles. The van der Waals surface area contributed by atoms with E-state index in [1.807, 2.05) is 41.3 Å². The van der Waals surface area contributed by atoms with Gasteiger partial charge in [0.1, 0.15) is 5.82 Å². The normalized spacial score (nSPS) is 24.0. The summed E-state index contributed by atoms with van der Waals surface area (Å²) in [6, 6.07) is 10.1. The van der Waals surface area contributed by atoms with Crippen molar-refractivity contribution in [1.82, 2.24) is 20.4 Å². The number of carbonyl (C=O) groups is 1. The Balaban J connectivity index is 1.48. The largest absolute Gasteiger partial charge is 0.398 e. The molecular weight excluding hydrogens is 352 g/mol. The van der Waals surface area contributed by atoms with Crippen LogP contribution in [0.3, 0.4) is 0 Å². The van der Waals surface area contributed by atoms with Crippen molar-refractivity contribution in [2.24, 2.45) is 17.4 Å². The van der Waals surface area contributed by atoms with E-state index >= 15 is 0 Å². The van der Waals surface area contributed by atoms with Crippen LogP contribution < -0.4 is 22.1 Å². The second kappa shape index (κ2) is 8.14. The van der Waals surface area contributed by atoms with Crippen molar-refractivity contribution >= 4 is 11.6 Å². The lowest BCUT2D eigenvalue weighted by molar-refractivity contribution is -0.139. The van der Waals surface area contributed by atoms with Crippen LogP contribution in [-0.2, 0) is 4.79 Å². The number of amides is 1. The molecule has 0 radical (unpaired) electrons. The lowest BCUT2D eigenvalue weighted by Crippen LogP contribution is -2.61. The molecular formula is C21H30N6O. The van der Waals surface area contributed by atoms with Crippen LogP contribution in [0, 0.1) is 5.92 Å². The molecule has 3 aliphatic heterocycles. The van der Waals surface area contributed by atoms with E-state index in [2.05, 4.69) is 15.5 Å². The van der Waals surface area contributed by atoms with Gasteiger partial charge in [0.2, 0.25) is 5.91 Å². The first-order chi connectivity index (χ1) is 13.6. The van der Waals surface area contributed by atoms with Crippen LogP contribution in [-0.4, -0.2) is 61.0 Å². The van der Waals surface area contributed by atoms with Crippen molar-refractivity contribution < 1.29 is 4.79 Å². The first-order valence-corrected chi connectivity index (χ1v) is 10.2. The standard InChI is InChI=1S/C21H30N6O/c22-18(15-4-2-1-3-5-15)12-19-20(23)25-13-17-14-26(10-11-27(17)19)21(28)16-6-8-24-9-7-16/h1-5,12,16-17,24-25H,6-11,13-14,22-23H2/b18-12-. The SMILES string of the molecule is NC1=C(/C=C(\N)c2ccccc2)N2CCN(C(=O)C3CCNCC3)CC2CN1. The smallest absolute Gasteiger partial charge is 0.225 e. The van der Waals surface area contributed by atoms with E-state index in [0.29, 0.717) is 17.4 Å². The van der Waals surface area contributed by atoms with Crippen LogP contribution in [0.4, 0.5) is 0 Å². The van der Waals surface area contributed by atoms with Gasteiger partial charge in [0, 0.05) is 37.8 Å². The van der Waals surface area contributed by atoms with E-state index in [1.54, 1.807) is 0 Å². The van der Waals surface area contributed by atoms with Gasteiger partial charge in [0.05, 0.1) is 11.7 Å². The predicted octanol–water partition coefficient (Wildman–Crippen LogP) is 0.230. The van der Waals surface area contributed by atoms with Gasteiger partial charge < -0.3 is 31.9 Å². The zero-order chi connectivity index (χ0) is 19.5. The molecule has 0 bridgehead atoms. The third kappa shape index (κ3) is 3.80. The molecule has 2 fully saturated rings. The molecule has 7 nitrogen and oxygen atoms in total. The molecule has 4 rings (SSSR count). The Hall–Kier alpha value is -2.67. The highest BCUT2D eigenvalue weighted by atomic mass is 16.2. The molecule has 7 heteroatoms. The van der Waals surface area contributed by atoms with E-state index < -0.39 is 0 Å². The van der Waals surface area contributed by atoms with E-state index in [9.17, 15) is 4.79 Å². The average molecular weight is 383 g/mol. The number of hydrogen-bond acceptors (Lipinski definition) is 6. The van der Waals surface area contributed by atoms with Gasteiger partial charge in [-0.1, -0.05) is 30.3 Å². The van der Waals surface area contributed by atoms with Gasteiger partial charge >= 0.3 is 0 Å². The van der Waals surface area contributed by atoms with Gasteiger partial charge in [0.15, 0.2) is 0 Å². The number of nitrogens with one attached hydrogen (secondary N) is 2. The summed E-state index contributed by atoms with van der Waals surface area (Å²) in [6.45, 7) is 4.85. The highest BCUT2D eigenvalue weighted by molar-refractivity contribution is 5.79. The topological polar surface area (TPSA) is 99.7 Å². The minimum atomic E-state index is 0.165. The van der Waals surface area contributed by atoms with E-state index in [-0.39, 0.29) is 12.0 Å². The monoisotopic (exact) mass is 382 g/mol. The lowest BCUT2D eigenvalue weighted by atomic mass is 9.95. The minimum Gasteiger partial charge on any atom is -0.398 e. The number of fused-ring (bicyclic) bond motifs is 1. The first kappa shape index (κ1) is 18.7. The Morgan fingerprint density at radius 2 is 1.89 bits per heavy atom. The molecule has 2 saturated heterocycles. The number of piperidine rings is 1. The number of allylic oxidation sites excluding steroid dienone is 1. The molecule has 1 atom stereocenters. The number of hydrogen-bond donors (Lipinski definition) is 4. The Morgan fingerprint density at radius 3 is 2.64 bits per heavy atom. The maximum absolute atomic E-state index is 12.9. The number of benzene rings is 1. The van der Waals surface area contributed by atoms with Crippen molar-refractivity contribution in [3.63, 3.8) is 0 Å². The van der Waals surface area contributed by atoms with Crippen molar-refractivity contribution in [1.29, 1.82) is 0 Å². The molecule has 0 aromatic heterocycles. The number of rotatable bonds is 3. The molecule has 1 aromatic rings. The summed E-state index contributed by atoms with van der Waals surface area (Å²) in [5.74, 6) is 1.12. The average Bonchev–Trinajstić information content (AvgIpc) is 2.76. The summed E-state index contributed by atoms with van der Waals surface area (Å²) >= 11 is 0. The number of nitrogens with two attached hydrogens (primary N) is 2. The van der Waals surface area contributed by atoms with Gasteiger partial charge in [0.25, 0.3) is 0 Å². The third-order valence-corrected chi connectivity index (χ3v) is 6.00. The summed E-state index contributed by atoms with van der Waals surface area (Å²) in [5.41, 5.74) is 15.2. The summed E-state index contributed by atoms with van der Waals surface area (Å²) in [4.78, 5) is 17.3. The summed E-state index contributed by atoms with van der Waals surface area (Å²) in [7, 11) is 0. The van der Waals surface area contributed by atoms with E-state index in [1.165, 1.54) is 0 Å². The van der Waals surface area contributed by atoms with Crippen molar-refractivity contribution in [3.8, 4) is 0 Å². The van der Waals surface area contributed by atoms with Crippen LogP contribution in [0.15, 0.2) is 47.9 Å². The quantitative estimate of drug-likeness (QED) is 0.597. The first-order valence-electron chi connectivity index (χ1n) is 10.2. The zero-order valence-electron chi connectivity index (χ0n) is 16.2. The van der Waals surface area contributed by atoms with Crippen LogP contribution in [0.2, 0.25) is 0 Å². The van der Waals surface area contributed by atoms with E-state index in [4.69, 9.17) is 11.5 Å². The van der Waals surface area contributed by atoms with Crippen LogP contribution in [0.5, 0.6) is 0 Å². The number of carbonyl (C=O) groups excluding carboxylic acids is 1. The lowest BCUT2D eigenvalue weighted by Gasteiger charge is -2.47. The van der Waals surface area contributed by atoms with Gasteiger partial charge in [-0.15, -0.1) is 0 Å². The molecule has 1 amide bonds. The second-order valence-electron chi connectivity index (χ2n) is 7.80. The molecule has 1 aromatic carbocycles. The third-order valence-electron chi connectivity index (χ3n) is 6.00. The molecule has 28 heavy (non-hydrogen) atoms. The second-order valence-corrected chi connectivity index (χ2v) is 7.80. The summed E-state index contributed by atoms with van der Waals surface area (Å²) in [5, 5.41) is 6.63. The Morgan fingerprint density at radius 1 is 1.14 bits per heavy atom. The van der Waals surface area contributed by atoms with Gasteiger partial charge in [-0.05, 0) is 37.6 Å². The van der Waals surface area contributed by atoms with Crippen LogP contribution in [0.1, 0.15) is 18.4 Å². The number of nitrogens with zero attached hydrogens (tertiary/aromatic N) is 2. The van der Waals surface area contributed by atoms with Gasteiger partial charge in [-0.25, -0.2) is 0 Å². The van der Waals surface area contributed by atoms with Crippen molar-refractivity contribution in [2.75, 3.05) is 39.3 Å². The highest BCUT2D eigenvalue weighted by Crippen LogP contribution is 2.25. The van der Waals surface area contributed by atoms with Gasteiger partial charge in [-0.3, -0.25) is 4.79 Å². The van der Waals surface area contributed by atoms with Crippen molar-refractivity contribution in [3.05, 3.63) is 53.5 Å². The van der Waals surface area contributed by atoms with Crippen molar-refractivity contribution in [2.45, 2.75) is 18.9 Å². The Labute approximate surface area is 166 Å². The Kier molecular flexibility index (Phi) is 5.43. The fraction of sp³-hybridized carbons (Fsp3) is 0.476. The summed E-state index contributed by atoms with van der Waals surface area (Å²) in [6.07, 6.45) is 3.83. The van der Waals surface area contributed by atoms with Crippen LogP contribution in [0.25, 0.3) is 5.70 Å². The molecule has 6 N–H and O–H groups in total. The zero-order valence-corrected chi connectivity index (χ0v) is 16.2. The molecule has 1 unspecified atom stereocenters. The number of piperazine rings is 1. The fourth-order valence-corrected chi connectivity index (χ4v) is 4.37. The molecule has 0 spiro atoms. The fourth-order valence-electron chi connectivity index (χ4n) is 4.37. The van der Waals surface area contributed by atoms with Crippen LogP contribution >= 0.6 is 0 Å². The molecule has 150 valence electrons. The molecule has 3 heterocycles. The maximum Gasteiger partial charge on any atom is 0.225 e. The molecule has 3 aliphatic rings. The minimum absolute atomic E-state index is 0.165. The maximum atomic E-state index is 12.9.